The zero-order chi connectivity index (χ0) is 14.9. The molecule has 6 heteroatoms. The second-order valence-corrected chi connectivity index (χ2v) is 9.25. The van der Waals surface area contributed by atoms with Gasteiger partial charge in [0.05, 0.1) is 16.5 Å². The number of aromatic nitrogens is 2. The van der Waals surface area contributed by atoms with E-state index in [4.69, 9.17) is 0 Å². The zero-order valence-electron chi connectivity index (χ0n) is 12.7. The Morgan fingerprint density at radius 3 is 2.26 bits per heavy atom. The lowest BCUT2D eigenvalue weighted by Gasteiger charge is -2.22. The SMILES string of the molecule is CC(C)(C)n1cc(CNCC(C)(C)S(C)(=O)=O)cn1. The molecule has 110 valence electrons. The molecule has 0 aliphatic rings. The van der Waals surface area contributed by atoms with E-state index in [-0.39, 0.29) is 5.54 Å². The highest BCUT2D eigenvalue weighted by molar-refractivity contribution is 7.92. The normalized spacial score (nSPS) is 13.8. The summed E-state index contributed by atoms with van der Waals surface area (Å²) in [7, 11) is -3.06. The van der Waals surface area contributed by atoms with E-state index in [2.05, 4.69) is 31.2 Å². The summed E-state index contributed by atoms with van der Waals surface area (Å²) in [5, 5.41) is 7.49. The molecule has 5 nitrogen and oxygen atoms in total. The fraction of sp³-hybridized carbons (Fsp3) is 0.769. The number of sulfone groups is 1. The third-order valence-corrected chi connectivity index (χ3v) is 5.36. The van der Waals surface area contributed by atoms with Gasteiger partial charge in [0.25, 0.3) is 0 Å². The standard InChI is InChI=1S/C13H25N3O2S/c1-12(2,3)16-9-11(8-15-16)7-14-10-13(4,5)19(6,17)18/h8-9,14H,7,10H2,1-6H3. The van der Waals surface area contributed by atoms with Crippen molar-refractivity contribution < 1.29 is 8.42 Å². The first-order chi connectivity index (χ1) is 8.43. The maximum absolute atomic E-state index is 11.6. The highest BCUT2D eigenvalue weighted by Gasteiger charge is 2.29. The first-order valence-corrected chi connectivity index (χ1v) is 8.27. The molecule has 1 aromatic rings. The molecule has 0 unspecified atom stereocenters. The van der Waals surface area contributed by atoms with Gasteiger partial charge in [0, 0.05) is 31.1 Å². The van der Waals surface area contributed by atoms with Crippen LogP contribution in [0.3, 0.4) is 0 Å². The maximum Gasteiger partial charge on any atom is 0.153 e. The van der Waals surface area contributed by atoms with Crippen molar-refractivity contribution in [3.63, 3.8) is 0 Å². The molecule has 0 aliphatic carbocycles. The van der Waals surface area contributed by atoms with Crippen LogP contribution in [0, 0.1) is 0 Å². The Morgan fingerprint density at radius 1 is 1.26 bits per heavy atom. The monoisotopic (exact) mass is 287 g/mol. The lowest BCUT2D eigenvalue weighted by atomic mass is 10.1. The molecule has 19 heavy (non-hydrogen) atoms. The summed E-state index contributed by atoms with van der Waals surface area (Å²) in [6.07, 6.45) is 5.07. The third-order valence-electron chi connectivity index (χ3n) is 3.21. The number of nitrogens with zero attached hydrogens (tertiary/aromatic N) is 2. The van der Waals surface area contributed by atoms with E-state index >= 15 is 0 Å². The minimum atomic E-state index is -3.06. The van der Waals surface area contributed by atoms with Gasteiger partial charge in [0.1, 0.15) is 0 Å². The predicted molar refractivity (Wildman–Crippen MR) is 77.9 cm³/mol. The Morgan fingerprint density at radius 2 is 1.84 bits per heavy atom. The van der Waals surface area contributed by atoms with E-state index in [1.165, 1.54) is 6.26 Å². The topological polar surface area (TPSA) is 64.0 Å². The quantitative estimate of drug-likeness (QED) is 0.892. The highest BCUT2D eigenvalue weighted by Crippen LogP contribution is 2.15. The van der Waals surface area contributed by atoms with Crippen molar-refractivity contribution >= 4 is 9.84 Å². The molecule has 0 aromatic carbocycles. The van der Waals surface area contributed by atoms with Gasteiger partial charge in [-0.1, -0.05) is 0 Å². The molecule has 1 N–H and O–H groups in total. The molecule has 0 bridgehead atoms. The van der Waals surface area contributed by atoms with Crippen LogP contribution in [0.25, 0.3) is 0 Å². The van der Waals surface area contributed by atoms with E-state index in [0.29, 0.717) is 13.1 Å². The van der Waals surface area contributed by atoms with Crippen LogP contribution in [-0.2, 0) is 21.9 Å². The average molecular weight is 287 g/mol. The van der Waals surface area contributed by atoms with Crippen LogP contribution < -0.4 is 5.32 Å². The molecule has 0 atom stereocenters. The van der Waals surface area contributed by atoms with Crippen LogP contribution in [0.2, 0.25) is 0 Å². The van der Waals surface area contributed by atoms with Gasteiger partial charge in [-0.2, -0.15) is 5.10 Å². The third kappa shape index (κ3) is 4.31. The van der Waals surface area contributed by atoms with Crippen LogP contribution in [0.15, 0.2) is 12.4 Å². The predicted octanol–water partition coefficient (Wildman–Crippen LogP) is 1.55. The Bertz CT molecular complexity index is 524. The summed E-state index contributed by atoms with van der Waals surface area (Å²) in [6, 6.07) is 0. The van der Waals surface area contributed by atoms with Crippen molar-refractivity contribution in [3.05, 3.63) is 18.0 Å². The number of rotatable bonds is 5. The molecule has 0 saturated heterocycles. The summed E-state index contributed by atoms with van der Waals surface area (Å²) in [5.41, 5.74) is 1.02. The van der Waals surface area contributed by atoms with Gasteiger partial charge in [0.15, 0.2) is 9.84 Å². The number of hydrogen-bond donors (Lipinski definition) is 1. The molecule has 0 aliphatic heterocycles. The minimum absolute atomic E-state index is 0.0374. The van der Waals surface area contributed by atoms with Crippen LogP contribution >= 0.6 is 0 Å². The van der Waals surface area contributed by atoms with Crippen molar-refractivity contribution in [3.8, 4) is 0 Å². The largest absolute Gasteiger partial charge is 0.311 e. The number of hydrogen-bond acceptors (Lipinski definition) is 4. The Labute approximate surface area is 116 Å². The van der Waals surface area contributed by atoms with E-state index in [9.17, 15) is 8.42 Å². The van der Waals surface area contributed by atoms with Crippen molar-refractivity contribution in [1.29, 1.82) is 0 Å². The van der Waals surface area contributed by atoms with E-state index in [0.717, 1.165) is 5.56 Å². The number of nitrogens with one attached hydrogen (secondary N) is 1. The lowest BCUT2D eigenvalue weighted by Crippen LogP contribution is -2.41. The van der Waals surface area contributed by atoms with Crippen LogP contribution in [0.4, 0.5) is 0 Å². The molecule has 1 aromatic heterocycles. The van der Waals surface area contributed by atoms with Crippen molar-refractivity contribution in [1.82, 2.24) is 15.1 Å². The minimum Gasteiger partial charge on any atom is -0.311 e. The highest BCUT2D eigenvalue weighted by atomic mass is 32.2. The van der Waals surface area contributed by atoms with Crippen molar-refractivity contribution in [2.45, 2.75) is 51.4 Å². The van der Waals surface area contributed by atoms with E-state index in [1.54, 1.807) is 13.8 Å². The van der Waals surface area contributed by atoms with Gasteiger partial charge in [-0.15, -0.1) is 0 Å². The average Bonchev–Trinajstić information content (AvgIpc) is 2.63. The molecule has 0 saturated carbocycles. The molecular formula is C13H25N3O2S. The van der Waals surface area contributed by atoms with Crippen LogP contribution in [0.5, 0.6) is 0 Å². The van der Waals surface area contributed by atoms with Gasteiger partial charge in [-0.05, 0) is 34.6 Å². The van der Waals surface area contributed by atoms with Crippen LogP contribution in [0.1, 0.15) is 40.2 Å². The lowest BCUT2D eigenvalue weighted by molar-refractivity contribution is 0.355. The maximum atomic E-state index is 11.6. The summed E-state index contributed by atoms with van der Waals surface area (Å²) < 4.78 is 24.3. The Balaban J connectivity index is 2.58. The summed E-state index contributed by atoms with van der Waals surface area (Å²) >= 11 is 0. The summed E-state index contributed by atoms with van der Waals surface area (Å²) in [4.78, 5) is 0. The Kier molecular flexibility index (Phi) is 4.47. The Hall–Kier alpha value is -0.880. The first-order valence-electron chi connectivity index (χ1n) is 6.38. The molecule has 0 radical (unpaired) electrons. The fourth-order valence-electron chi connectivity index (χ4n) is 1.46. The van der Waals surface area contributed by atoms with Crippen molar-refractivity contribution in [2.75, 3.05) is 12.8 Å². The molecule has 0 fully saturated rings. The van der Waals surface area contributed by atoms with Gasteiger partial charge in [-0.3, -0.25) is 4.68 Å². The zero-order valence-corrected chi connectivity index (χ0v) is 13.5. The van der Waals surface area contributed by atoms with Gasteiger partial charge < -0.3 is 5.32 Å². The summed E-state index contributed by atoms with van der Waals surface area (Å²) in [5.74, 6) is 0. The second-order valence-electron chi connectivity index (χ2n) is 6.60. The molecule has 1 rings (SSSR count). The molecule has 0 spiro atoms. The smallest absolute Gasteiger partial charge is 0.153 e. The molecular weight excluding hydrogens is 262 g/mol. The van der Waals surface area contributed by atoms with Crippen LogP contribution in [-0.4, -0.2) is 35.7 Å². The second kappa shape index (κ2) is 5.25. The van der Waals surface area contributed by atoms with Gasteiger partial charge >= 0.3 is 0 Å². The molecule has 0 amide bonds. The van der Waals surface area contributed by atoms with Gasteiger partial charge in [0.2, 0.25) is 0 Å². The summed E-state index contributed by atoms with van der Waals surface area (Å²) in [6.45, 7) is 10.8. The van der Waals surface area contributed by atoms with Crippen molar-refractivity contribution in [2.24, 2.45) is 0 Å². The molecule has 1 heterocycles. The van der Waals surface area contributed by atoms with Gasteiger partial charge in [-0.25, -0.2) is 8.42 Å². The first kappa shape index (κ1) is 16.2. The van der Waals surface area contributed by atoms with E-state index < -0.39 is 14.6 Å². The fourth-order valence-corrected chi connectivity index (χ4v) is 1.82. The van der Waals surface area contributed by atoms with E-state index in [1.807, 2.05) is 17.1 Å².